The molecule has 18 heavy (non-hydrogen) atoms. The maximum Gasteiger partial charge on any atom is 0.225 e. The summed E-state index contributed by atoms with van der Waals surface area (Å²) in [6, 6.07) is 10.1. The van der Waals surface area contributed by atoms with Gasteiger partial charge in [0.15, 0.2) is 0 Å². The first-order valence-electron chi connectivity index (χ1n) is 6.27. The van der Waals surface area contributed by atoms with Gasteiger partial charge in [-0.05, 0) is 31.5 Å². The largest absolute Gasteiger partial charge is 0.341 e. The van der Waals surface area contributed by atoms with Crippen LogP contribution in [0.15, 0.2) is 30.3 Å². The minimum Gasteiger partial charge on any atom is -0.341 e. The zero-order chi connectivity index (χ0) is 12.1. The van der Waals surface area contributed by atoms with Crippen LogP contribution >= 0.6 is 12.4 Å². The maximum absolute atomic E-state index is 12.2. The van der Waals surface area contributed by atoms with Crippen molar-refractivity contribution >= 4 is 18.3 Å². The summed E-state index contributed by atoms with van der Waals surface area (Å²) in [6.07, 6.45) is 1.94. The van der Waals surface area contributed by atoms with E-state index in [4.69, 9.17) is 0 Å². The number of piperidine rings is 1. The molecule has 1 amide bonds. The first-order chi connectivity index (χ1) is 8.27. The molecule has 0 aliphatic carbocycles. The Labute approximate surface area is 115 Å². The van der Waals surface area contributed by atoms with E-state index in [2.05, 4.69) is 17.4 Å². The van der Waals surface area contributed by atoms with Crippen molar-refractivity contribution < 1.29 is 4.79 Å². The summed E-state index contributed by atoms with van der Waals surface area (Å²) in [6.45, 7) is 2.65. The fourth-order valence-corrected chi connectivity index (χ4v) is 2.32. The average Bonchev–Trinajstić information content (AvgIpc) is 2.40. The molecule has 0 radical (unpaired) electrons. The van der Waals surface area contributed by atoms with Crippen molar-refractivity contribution in [1.29, 1.82) is 0 Å². The second-order valence-electron chi connectivity index (χ2n) is 4.70. The van der Waals surface area contributed by atoms with Gasteiger partial charge in [-0.25, -0.2) is 0 Å². The molecule has 1 aliphatic heterocycles. The Bertz CT molecular complexity index is 363. The number of benzene rings is 1. The minimum atomic E-state index is 0. The Balaban J connectivity index is 0.00000162. The quantitative estimate of drug-likeness (QED) is 0.910. The molecule has 3 nitrogen and oxygen atoms in total. The summed E-state index contributed by atoms with van der Waals surface area (Å²) >= 11 is 0. The summed E-state index contributed by atoms with van der Waals surface area (Å²) in [7, 11) is 1.90. The van der Waals surface area contributed by atoms with Crippen LogP contribution in [0, 0.1) is 5.92 Å². The molecule has 0 unspecified atom stereocenters. The molecule has 1 aromatic rings. The molecular formula is C14H21ClN2O. The molecular weight excluding hydrogens is 248 g/mol. The van der Waals surface area contributed by atoms with Gasteiger partial charge in [-0.15, -0.1) is 12.4 Å². The van der Waals surface area contributed by atoms with Crippen molar-refractivity contribution in [3.63, 3.8) is 0 Å². The molecule has 1 aliphatic rings. The van der Waals surface area contributed by atoms with E-state index in [-0.39, 0.29) is 24.2 Å². The number of carbonyl (C=O) groups is 1. The third kappa shape index (κ3) is 4.00. The smallest absolute Gasteiger partial charge is 0.225 e. The van der Waals surface area contributed by atoms with Crippen LogP contribution in [0.4, 0.5) is 0 Å². The number of rotatable bonds is 3. The van der Waals surface area contributed by atoms with Crippen molar-refractivity contribution in [2.24, 2.45) is 5.92 Å². The van der Waals surface area contributed by atoms with Gasteiger partial charge >= 0.3 is 0 Å². The standard InChI is InChI=1S/C14H20N2O.ClH/c1-16(11-12-5-3-2-4-6-12)14(17)13-7-9-15-10-8-13;/h2-6,13,15H,7-11H2,1H3;1H. The summed E-state index contributed by atoms with van der Waals surface area (Å²) in [5.41, 5.74) is 1.19. The Morgan fingerprint density at radius 3 is 2.50 bits per heavy atom. The van der Waals surface area contributed by atoms with Gasteiger partial charge in [-0.1, -0.05) is 30.3 Å². The van der Waals surface area contributed by atoms with Gasteiger partial charge in [-0.2, -0.15) is 0 Å². The Morgan fingerprint density at radius 1 is 1.28 bits per heavy atom. The van der Waals surface area contributed by atoms with Crippen molar-refractivity contribution in [3.05, 3.63) is 35.9 Å². The second-order valence-corrected chi connectivity index (χ2v) is 4.70. The van der Waals surface area contributed by atoms with E-state index in [0.717, 1.165) is 25.9 Å². The number of carbonyl (C=O) groups excluding carboxylic acids is 1. The number of nitrogens with zero attached hydrogens (tertiary/aromatic N) is 1. The predicted octanol–water partition coefficient (Wildman–Crippen LogP) is 2.07. The summed E-state index contributed by atoms with van der Waals surface area (Å²) in [5, 5.41) is 3.29. The molecule has 2 rings (SSSR count). The van der Waals surface area contributed by atoms with Gasteiger partial charge < -0.3 is 10.2 Å². The topological polar surface area (TPSA) is 32.3 Å². The first-order valence-corrected chi connectivity index (χ1v) is 6.27. The van der Waals surface area contributed by atoms with Crippen LogP contribution in [0.5, 0.6) is 0 Å². The molecule has 1 saturated heterocycles. The van der Waals surface area contributed by atoms with Crippen LogP contribution in [0.2, 0.25) is 0 Å². The molecule has 1 aromatic carbocycles. The summed E-state index contributed by atoms with van der Waals surface area (Å²) in [5.74, 6) is 0.500. The zero-order valence-electron chi connectivity index (χ0n) is 10.8. The lowest BCUT2D eigenvalue weighted by Gasteiger charge is -2.27. The Kier molecular flexibility index (Phi) is 6.16. The van der Waals surface area contributed by atoms with E-state index in [1.54, 1.807) is 0 Å². The third-order valence-corrected chi connectivity index (χ3v) is 3.33. The molecule has 1 N–H and O–H groups in total. The Morgan fingerprint density at radius 2 is 1.89 bits per heavy atom. The molecule has 0 atom stereocenters. The van der Waals surface area contributed by atoms with E-state index >= 15 is 0 Å². The van der Waals surface area contributed by atoms with Gasteiger partial charge in [0, 0.05) is 19.5 Å². The highest BCUT2D eigenvalue weighted by Gasteiger charge is 2.23. The third-order valence-electron chi connectivity index (χ3n) is 3.33. The number of hydrogen-bond acceptors (Lipinski definition) is 2. The lowest BCUT2D eigenvalue weighted by atomic mass is 9.96. The summed E-state index contributed by atoms with van der Waals surface area (Å²) < 4.78 is 0. The van der Waals surface area contributed by atoms with E-state index in [1.165, 1.54) is 5.56 Å². The number of hydrogen-bond donors (Lipinski definition) is 1. The van der Waals surface area contributed by atoms with E-state index in [9.17, 15) is 4.79 Å². The molecule has 4 heteroatoms. The molecule has 1 fully saturated rings. The normalized spacial score (nSPS) is 15.8. The van der Waals surface area contributed by atoms with Crippen LogP contribution in [-0.4, -0.2) is 30.9 Å². The number of nitrogens with one attached hydrogen (secondary N) is 1. The van der Waals surface area contributed by atoms with Gasteiger partial charge in [0.05, 0.1) is 0 Å². The monoisotopic (exact) mass is 268 g/mol. The minimum absolute atomic E-state index is 0. The molecule has 1 heterocycles. The highest BCUT2D eigenvalue weighted by atomic mass is 35.5. The van der Waals surface area contributed by atoms with Gasteiger partial charge in [-0.3, -0.25) is 4.79 Å². The van der Waals surface area contributed by atoms with Crippen LogP contribution in [0.25, 0.3) is 0 Å². The van der Waals surface area contributed by atoms with Gasteiger partial charge in [0.2, 0.25) is 5.91 Å². The fourth-order valence-electron chi connectivity index (χ4n) is 2.32. The highest BCUT2D eigenvalue weighted by molar-refractivity contribution is 5.85. The number of amides is 1. The maximum atomic E-state index is 12.2. The first kappa shape index (κ1) is 15.0. The molecule has 0 saturated carbocycles. The van der Waals surface area contributed by atoms with Crippen molar-refractivity contribution in [2.75, 3.05) is 20.1 Å². The van der Waals surface area contributed by atoms with Crippen LogP contribution in [0.1, 0.15) is 18.4 Å². The molecule has 0 spiro atoms. The molecule has 100 valence electrons. The second kappa shape index (κ2) is 7.39. The number of halogens is 1. The van der Waals surface area contributed by atoms with Crippen molar-refractivity contribution in [2.45, 2.75) is 19.4 Å². The summed E-state index contributed by atoms with van der Waals surface area (Å²) in [4.78, 5) is 14.1. The SMILES string of the molecule is CN(Cc1ccccc1)C(=O)C1CCNCC1.Cl. The van der Waals surface area contributed by atoms with Crippen LogP contribution in [0.3, 0.4) is 0 Å². The van der Waals surface area contributed by atoms with E-state index in [1.807, 2.05) is 30.1 Å². The van der Waals surface area contributed by atoms with Gasteiger partial charge in [0.25, 0.3) is 0 Å². The van der Waals surface area contributed by atoms with Gasteiger partial charge in [0.1, 0.15) is 0 Å². The van der Waals surface area contributed by atoms with E-state index < -0.39 is 0 Å². The Hall–Kier alpha value is -1.06. The average molecular weight is 269 g/mol. The van der Waals surface area contributed by atoms with Crippen LogP contribution < -0.4 is 5.32 Å². The van der Waals surface area contributed by atoms with Crippen molar-refractivity contribution in [1.82, 2.24) is 10.2 Å². The van der Waals surface area contributed by atoms with Crippen LogP contribution in [-0.2, 0) is 11.3 Å². The highest BCUT2D eigenvalue weighted by Crippen LogP contribution is 2.15. The molecule has 0 bridgehead atoms. The predicted molar refractivity (Wildman–Crippen MR) is 75.8 cm³/mol. The fraction of sp³-hybridized carbons (Fsp3) is 0.500. The van der Waals surface area contributed by atoms with E-state index in [0.29, 0.717) is 6.54 Å². The molecule has 0 aromatic heterocycles. The lowest BCUT2D eigenvalue weighted by molar-refractivity contribution is -0.135. The zero-order valence-corrected chi connectivity index (χ0v) is 11.6. The lowest BCUT2D eigenvalue weighted by Crippen LogP contribution is -2.38. The van der Waals surface area contributed by atoms with Crippen molar-refractivity contribution in [3.8, 4) is 0 Å².